The van der Waals surface area contributed by atoms with Gasteiger partial charge in [-0.15, -0.1) is 0 Å². The molecule has 28 nitrogen and oxygen atoms in total. The van der Waals surface area contributed by atoms with Gasteiger partial charge in [0.05, 0.1) is 57.5 Å². The number of aliphatic hydroxyl groups excluding tert-OH is 2. The number of sulfonamides is 2. The first-order chi connectivity index (χ1) is 45.5. The highest BCUT2D eigenvalue weighted by Gasteiger charge is 2.45. The van der Waals surface area contributed by atoms with Gasteiger partial charge in [-0.2, -0.15) is 8.61 Å². The van der Waals surface area contributed by atoms with Crippen molar-refractivity contribution in [1.29, 1.82) is 0 Å². The van der Waals surface area contributed by atoms with Crippen LogP contribution in [0.3, 0.4) is 0 Å². The summed E-state index contributed by atoms with van der Waals surface area (Å²) in [5, 5.41) is 44.7. The number of nitrogens with one attached hydrogen (secondary N) is 1. The van der Waals surface area contributed by atoms with Crippen LogP contribution in [0.5, 0.6) is 34.5 Å². The number of fused-ring (bicyclic) bond motifs is 3. The first kappa shape index (κ1) is 78.1. The third-order valence-corrected chi connectivity index (χ3v) is 19.4. The van der Waals surface area contributed by atoms with E-state index in [1.54, 1.807) is 12.1 Å². The molecule has 0 saturated carbocycles. The number of non-ortho nitro benzene ring substituents is 2. The van der Waals surface area contributed by atoms with Crippen LogP contribution >= 0.6 is 11.6 Å². The van der Waals surface area contributed by atoms with Crippen LogP contribution in [-0.4, -0.2) is 154 Å². The molecular formula is C66H86ClN5O23S2. The van der Waals surface area contributed by atoms with Gasteiger partial charge in [0.1, 0.15) is 17.6 Å². The lowest BCUT2D eigenvalue weighted by Gasteiger charge is -2.35. The molecule has 4 aliphatic rings. The maximum atomic E-state index is 14.2. The Morgan fingerprint density at radius 2 is 1.20 bits per heavy atom. The van der Waals surface area contributed by atoms with Crippen molar-refractivity contribution in [3.8, 4) is 34.5 Å². The largest absolute Gasteiger partial charge is 0.513 e. The smallest absolute Gasteiger partial charge is 0.454 e. The Labute approximate surface area is 569 Å². The van der Waals surface area contributed by atoms with Gasteiger partial charge < -0.3 is 62.9 Å². The summed E-state index contributed by atoms with van der Waals surface area (Å²) in [6, 6.07) is 27.7. The van der Waals surface area contributed by atoms with Crippen molar-refractivity contribution >= 4 is 60.7 Å². The number of benzene rings is 5. The van der Waals surface area contributed by atoms with Crippen molar-refractivity contribution in [1.82, 2.24) is 13.9 Å². The zero-order valence-electron chi connectivity index (χ0n) is 54.1. The fourth-order valence-electron chi connectivity index (χ4n) is 10.8. The van der Waals surface area contributed by atoms with Crippen LogP contribution in [0.4, 0.5) is 25.8 Å². The number of carbonyl (C=O) groups excluding carboxylic acids is 3. The van der Waals surface area contributed by atoms with Gasteiger partial charge in [0.25, 0.3) is 11.4 Å². The zero-order chi connectivity index (χ0) is 69.8. The van der Waals surface area contributed by atoms with E-state index in [2.05, 4.69) is 10.1 Å². The van der Waals surface area contributed by atoms with Gasteiger partial charge in [-0.3, -0.25) is 20.2 Å². The Morgan fingerprint density at radius 3 is 1.70 bits per heavy atom. The number of hydrogen-bond donors (Lipinski definition) is 3. The minimum absolute atomic E-state index is 0. The number of hydrogen-bond acceptors (Lipinski definition) is 23. The van der Waals surface area contributed by atoms with Crippen LogP contribution in [0, 0.1) is 42.9 Å². The predicted octanol–water partition coefficient (Wildman–Crippen LogP) is 11.4. The molecule has 532 valence electrons. The van der Waals surface area contributed by atoms with Crippen LogP contribution in [0.2, 0.25) is 0 Å². The van der Waals surface area contributed by atoms with Gasteiger partial charge in [0.2, 0.25) is 33.6 Å². The van der Waals surface area contributed by atoms with E-state index in [1.165, 1.54) is 81.4 Å². The fraction of sp³-hybridized carbons (Fsp3) is 0.500. The Hall–Kier alpha value is -7.94. The summed E-state index contributed by atoms with van der Waals surface area (Å²) < 4.78 is 111. The van der Waals surface area contributed by atoms with Crippen molar-refractivity contribution in [3.05, 3.63) is 141 Å². The Balaban J connectivity index is 0.000000259. The number of aliphatic hydroxyl groups is 2. The summed E-state index contributed by atoms with van der Waals surface area (Å²) in [5.74, 6) is 2.13. The van der Waals surface area contributed by atoms with Crippen molar-refractivity contribution in [3.63, 3.8) is 0 Å². The number of nitrogens with zero attached hydrogens (tertiary/aromatic N) is 4. The molecule has 0 aliphatic carbocycles. The molecule has 0 bridgehead atoms. The van der Waals surface area contributed by atoms with E-state index < -0.39 is 71.2 Å². The lowest BCUT2D eigenvalue weighted by Crippen LogP contribution is -2.52. The monoisotopic (exact) mass is 1420 g/mol. The standard InChI is InChI=1S/C32H44N2O10S.C26H34N2O9S.C7H4ClNO4.CH4/c1-32(2,13-6-7-14-35)20-34(45(38,39)23-10-11-27-28(17-23)43-21-42-27)18-26(36)25(16-22-8-4-3-5-9-22)33-31(37)44-29-19-41-30-24(29)12-15-40-30;1-19(2)16-27(38(32,33)22-11-12-23-24(15-22)36-18-35-23)17-26(3,4)13-5-6-14-34-25(29)37-21-9-7-20(8-10-21)28(30)31;8-7(10)13-6-3-1-5(2-4-6)9(11)12;/h3-5,8-11,17,24-26,29-30,35-36H,6-7,12-16,18-21H2,1-2H3,(H,33,37);7-12,15,19H,5-6,13-14,16-18H2,1-4H3;1-4H;1H4/t24?,25-,26?,29?,30?;;;/m0.../s1. The predicted molar refractivity (Wildman–Crippen MR) is 354 cm³/mol. The van der Waals surface area contributed by atoms with Gasteiger partial charge in [-0.25, -0.2) is 31.2 Å². The molecule has 4 unspecified atom stereocenters. The number of amides is 1. The average Bonchev–Trinajstić information content (AvgIpc) is 1.79. The van der Waals surface area contributed by atoms with Gasteiger partial charge in [0, 0.05) is 80.8 Å². The average molecular weight is 1420 g/mol. The van der Waals surface area contributed by atoms with Crippen molar-refractivity contribution in [2.45, 2.75) is 135 Å². The van der Waals surface area contributed by atoms with Gasteiger partial charge in [0.15, 0.2) is 29.3 Å². The maximum Gasteiger partial charge on any atom is 0.513 e. The normalized spacial score (nSPS) is 16.7. The first-order valence-electron chi connectivity index (χ1n) is 31.1. The number of nitro groups is 2. The molecule has 1 amide bonds. The number of alkyl carbamates (subject to hydrolysis) is 1. The van der Waals surface area contributed by atoms with E-state index in [0.29, 0.717) is 81.2 Å². The Morgan fingerprint density at radius 1 is 0.691 bits per heavy atom. The molecule has 4 heterocycles. The molecule has 97 heavy (non-hydrogen) atoms. The molecule has 0 aromatic heterocycles. The van der Waals surface area contributed by atoms with E-state index >= 15 is 0 Å². The van der Waals surface area contributed by atoms with Crippen LogP contribution in [0.25, 0.3) is 0 Å². The van der Waals surface area contributed by atoms with E-state index in [4.69, 9.17) is 54.2 Å². The van der Waals surface area contributed by atoms with Crippen LogP contribution in [0.15, 0.2) is 125 Å². The van der Waals surface area contributed by atoms with E-state index in [9.17, 15) is 61.7 Å². The highest BCUT2D eigenvalue weighted by molar-refractivity contribution is 7.89. The third-order valence-electron chi connectivity index (χ3n) is 15.7. The van der Waals surface area contributed by atoms with Crippen molar-refractivity contribution < 1.29 is 98.6 Å². The Bertz CT molecular complexity index is 3650. The van der Waals surface area contributed by atoms with E-state index in [0.717, 1.165) is 12.0 Å². The zero-order valence-corrected chi connectivity index (χ0v) is 56.5. The molecular weight excluding hydrogens is 1330 g/mol. The molecule has 5 aromatic carbocycles. The number of carbonyl (C=O) groups is 3. The lowest BCUT2D eigenvalue weighted by atomic mass is 9.87. The molecule has 5 aromatic rings. The summed E-state index contributed by atoms with van der Waals surface area (Å²) in [7, 11) is -7.89. The number of rotatable bonds is 30. The van der Waals surface area contributed by atoms with E-state index in [1.807, 2.05) is 71.9 Å². The number of nitro benzene ring substituents is 2. The first-order valence-corrected chi connectivity index (χ1v) is 34.3. The molecule has 2 fully saturated rings. The highest BCUT2D eigenvalue weighted by Crippen LogP contribution is 2.39. The lowest BCUT2D eigenvalue weighted by molar-refractivity contribution is -0.385. The van der Waals surface area contributed by atoms with E-state index in [-0.39, 0.29) is 117 Å². The minimum atomic E-state index is -4.13. The summed E-state index contributed by atoms with van der Waals surface area (Å²) >= 11 is 4.92. The van der Waals surface area contributed by atoms with Gasteiger partial charge in [-0.1, -0.05) is 85.7 Å². The summed E-state index contributed by atoms with van der Waals surface area (Å²) in [6.45, 7) is 13.4. The molecule has 0 radical (unpaired) electrons. The molecule has 4 aliphatic heterocycles. The number of halogens is 1. The SMILES string of the molecule is C.CC(C)(CCCCO)CN(CC(O)[C@H](Cc1ccccc1)NC(=O)OC1COC2OCCC12)S(=O)(=O)c1ccc2c(c1)OCO2.CC(C)CN(CC(C)(C)CCCCOC(=O)Oc1ccc([N+](=O)[O-])cc1)S(=O)(=O)c1ccc2c(c1)OCO2.O=C(Cl)Oc1ccc([N+](=O)[O-])cc1. The summed E-state index contributed by atoms with van der Waals surface area (Å²) in [6.07, 6.45) is 1.15. The molecule has 3 N–H and O–H groups in total. The topological polar surface area (TPSA) is 357 Å². The number of unbranched alkanes of at least 4 members (excludes halogenated alkanes) is 2. The van der Waals surface area contributed by atoms with Gasteiger partial charge in [-0.05, 0) is 116 Å². The number of ether oxygens (including phenoxy) is 10. The third kappa shape index (κ3) is 23.7. The van der Waals surface area contributed by atoms with Crippen LogP contribution < -0.4 is 33.7 Å². The van der Waals surface area contributed by atoms with Crippen molar-refractivity contribution in [2.75, 3.05) is 66.2 Å². The van der Waals surface area contributed by atoms with Gasteiger partial charge >= 0.3 is 17.7 Å². The molecule has 5 atom stereocenters. The van der Waals surface area contributed by atoms with Crippen LogP contribution in [0.1, 0.15) is 99.5 Å². The summed E-state index contributed by atoms with van der Waals surface area (Å²) in [4.78, 5) is 55.3. The highest BCUT2D eigenvalue weighted by atomic mass is 35.5. The minimum Gasteiger partial charge on any atom is -0.454 e. The second kappa shape index (κ2) is 36.1. The van der Waals surface area contributed by atoms with Crippen LogP contribution in [-0.2, 0) is 45.4 Å². The molecule has 31 heteroatoms. The molecule has 9 rings (SSSR count). The second-order valence-electron chi connectivity index (χ2n) is 25.0. The quantitative estimate of drug-likeness (QED) is 0.00960. The molecule has 0 spiro atoms. The maximum absolute atomic E-state index is 14.2. The second-order valence-corrected chi connectivity index (χ2v) is 29.2. The van der Waals surface area contributed by atoms with Crippen molar-refractivity contribution in [2.24, 2.45) is 22.7 Å². The fourth-order valence-corrected chi connectivity index (χ4v) is 14.4. The molecule has 2 saturated heterocycles. The summed E-state index contributed by atoms with van der Waals surface area (Å²) in [5.41, 5.74) is -1.13. The Kier molecular flexibility index (Phi) is 29.0.